The SMILES string of the molecule is CC(O)C(=O)NC1CCC([C@@H](C)Nc2ncc(C#N)c(-c3c[nH]c4ncc(C(F)(F)F)cc34)n2)CC1. The van der Waals surface area contributed by atoms with Crippen molar-refractivity contribution < 1.29 is 23.1 Å². The number of hydrogen-bond acceptors (Lipinski definition) is 7. The smallest absolute Gasteiger partial charge is 0.384 e. The van der Waals surface area contributed by atoms with Crippen LogP contribution in [0, 0.1) is 17.2 Å². The maximum absolute atomic E-state index is 13.2. The molecule has 4 rings (SSSR count). The molecule has 36 heavy (non-hydrogen) atoms. The largest absolute Gasteiger partial charge is 0.417 e. The highest BCUT2D eigenvalue weighted by atomic mass is 19.4. The van der Waals surface area contributed by atoms with E-state index in [1.807, 2.05) is 13.0 Å². The molecule has 0 aliphatic heterocycles. The molecule has 3 aromatic rings. The Morgan fingerprint density at radius 2 is 1.94 bits per heavy atom. The van der Waals surface area contributed by atoms with Crippen LogP contribution in [0.2, 0.25) is 0 Å². The highest BCUT2D eigenvalue weighted by Crippen LogP contribution is 2.35. The normalized spacial score (nSPS) is 19.9. The van der Waals surface area contributed by atoms with Gasteiger partial charge in [-0.25, -0.2) is 15.0 Å². The first-order valence-corrected chi connectivity index (χ1v) is 11.6. The van der Waals surface area contributed by atoms with Crippen molar-refractivity contribution in [3.8, 4) is 17.3 Å². The molecule has 12 heteroatoms. The fourth-order valence-electron chi connectivity index (χ4n) is 4.50. The Labute approximate surface area is 205 Å². The van der Waals surface area contributed by atoms with Gasteiger partial charge in [-0.2, -0.15) is 18.4 Å². The first-order valence-electron chi connectivity index (χ1n) is 11.6. The maximum atomic E-state index is 13.2. The minimum absolute atomic E-state index is 0.0189. The molecule has 3 heterocycles. The molecule has 190 valence electrons. The van der Waals surface area contributed by atoms with Crippen LogP contribution in [0.3, 0.4) is 0 Å². The van der Waals surface area contributed by atoms with Gasteiger partial charge < -0.3 is 20.7 Å². The van der Waals surface area contributed by atoms with Gasteiger partial charge >= 0.3 is 6.18 Å². The lowest BCUT2D eigenvalue weighted by atomic mass is 9.82. The Hall–Kier alpha value is -3.72. The Bertz CT molecular complexity index is 1290. The number of aliphatic hydroxyl groups excluding tert-OH is 1. The molecule has 1 fully saturated rings. The van der Waals surface area contributed by atoms with Crippen molar-refractivity contribution >= 4 is 22.9 Å². The lowest BCUT2D eigenvalue weighted by Crippen LogP contribution is -2.43. The predicted octanol–water partition coefficient (Wildman–Crippen LogP) is 3.77. The van der Waals surface area contributed by atoms with Crippen LogP contribution in [0.4, 0.5) is 19.1 Å². The van der Waals surface area contributed by atoms with E-state index >= 15 is 0 Å². The molecule has 0 radical (unpaired) electrons. The van der Waals surface area contributed by atoms with E-state index in [9.17, 15) is 28.3 Å². The molecule has 0 spiro atoms. The number of aromatic amines is 1. The number of alkyl halides is 3. The molecule has 1 unspecified atom stereocenters. The number of hydrogen-bond donors (Lipinski definition) is 4. The molecule has 1 amide bonds. The fraction of sp³-hybridized carbons (Fsp3) is 0.458. The van der Waals surface area contributed by atoms with E-state index in [1.54, 1.807) is 0 Å². The van der Waals surface area contributed by atoms with Crippen LogP contribution in [-0.4, -0.2) is 49.1 Å². The zero-order chi connectivity index (χ0) is 26.0. The molecule has 4 N–H and O–H groups in total. The summed E-state index contributed by atoms with van der Waals surface area (Å²) in [6, 6.07) is 2.98. The molecule has 9 nitrogen and oxygen atoms in total. The third kappa shape index (κ3) is 5.41. The molecule has 2 atom stereocenters. The number of nitrogens with one attached hydrogen (secondary N) is 3. The van der Waals surface area contributed by atoms with Crippen LogP contribution in [0.15, 0.2) is 24.7 Å². The van der Waals surface area contributed by atoms with Crippen molar-refractivity contribution in [3.05, 3.63) is 35.8 Å². The molecule has 3 aromatic heterocycles. The second kappa shape index (κ2) is 10.1. The molecule has 0 aromatic carbocycles. The van der Waals surface area contributed by atoms with Gasteiger partial charge in [0.1, 0.15) is 17.8 Å². The number of carbonyl (C=O) groups is 1. The number of H-pyrrole nitrogens is 1. The van der Waals surface area contributed by atoms with Gasteiger partial charge in [0.2, 0.25) is 11.9 Å². The second-order valence-corrected chi connectivity index (χ2v) is 9.12. The fourth-order valence-corrected chi connectivity index (χ4v) is 4.50. The van der Waals surface area contributed by atoms with E-state index in [2.05, 4.69) is 30.6 Å². The molecule has 1 aliphatic rings. The van der Waals surface area contributed by atoms with Crippen LogP contribution >= 0.6 is 0 Å². The third-order valence-electron chi connectivity index (χ3n) is 6.58. The molecule has 0 saturated heterocycles. The van der Waals surface area contributed by atoms with Gasteiger partial charge in [0.15, 0.2) is 0 Å². The van der Waals surface area contributed by atoms with Gasteiger partial charge in [-0.3, -0.25) is 4.79 Å². The number of fused-ring (bicyclic) bond motifs is 1. The number of aliphatic hydroxyl groups is 1. The van der Waals surface area contributed by atoms with Gasteiger partial charge in [-0.15, -0.1) is 0 Å². The van der Waals surface area contributed by atoms with Crippen LogP contribution in [0.5, 0.6) is 0 Å². The molecule has 0 bridgehead atoms. The Morgan fingerprint density at radius 3 is 2.58 bits per heavy atom. The van der Waals surface area contributed by atoms with Crippen molar-refractivity contribution in [3.63, 3.8) is 0 Å². The number of pyridine rings is 1. The van der Waals surface area contributed by atoms with Crippen LogP contribution in [0.1, 0.15) is 50.7 Å². The highest BCUT2D eigenvalue weighted by molar-refractivity contribution is 5.94. The number of nitriles is 1. The van der Waals surface area contributed by atoms with E-state index in [0.717, 1.165) is 37.9 Å². The quantitative estimate of drug-likeness (QED) is 0.403. The summed E-state index contributed by atoms with van der Waals surface area (Å²) in [7, 11) is 0. The molecule has 1 aliphatic carbocycles. The average molecular weight is 502 g/mol. The Morgan fingerprint density at radius 1 is 1.22 bits per heavy atom. The molecular formula is C24H26F3N7O2. The summed E-state index contributed by atoms with van der Waals surface area (Å²) in [6.45, 7) is 3.42. The number of carbonyl (C=O) groups excluding carboxylic acids is 1. The third-order valence-corrected chi connectivity index (χ3v) is 6.58. The summed E-state index contributed by atoms with van der Waals surface area (Å²) >= 11 is 0. The zero-order valence-corrected chi connectivity index (χ0v) is 19.7. The summed E-state index contributed by atoms with van der Waals surface area (Å²) in [5, 5.41) is 25.3. The monoisotopic (exact) mass is 501 g/mol. The highest BCUT2D eigenvalue weighted by Gasteiger charge is 2.32. The molecular weight excluding hydrogens is 475 g/mol. The number of anilines is 1. The topological polar surface area (TPSA) is 140 Å². The Kier molecular flexibility index (Phi) is 7.12. The van der Waals surface area contributed by atoms with Crippen molar-refractivity contribution in [2.24, 2.45) is 5.92 Å². The minimum atomic E-state index is -4.56. The minimum Gasteiger partial charge on any atom is -0.384 e. The zero-order valence-electron chi connectivity index (χ0n) is 19.7. The van der Waals surface area contributed by atoms with Crippen LogP contribution in [-0.2, 0) is 11.0 Å². The predicted molar refractivity (Wildman–Crippen MR) is 125 cm³/mol. The van der Waals surface area contributed by atoms with Crippen molar-refractivity contribution in [2.75, 3.05) is 5.32 Å². The maximum Gasteiger partial charge on any atom is 0.417 e. The molecule has 1 saturated carbocycles. The summed E-state index contributed by atoms with van der Waals surface area (Å²) in [6.07, 6.45) is 1.23. The second-order valence-electron chi connectivity index (χ2n) is 9.12. The summed E-state index contributed by atoms with van der Waals surface area (Å²) < 4.78 is 39.7. The number of nitrogens with zero attached hydrogens (tertiary/aromatic N) is 4. The first kappa shape index (κ1) is 25.4. The van der Waals surface area contributed by atoms with Crippen molar-refractivity contribution in [1.82, 2.24) is 25.3 Å². The standard InChI is InChI=1S/C24H26F3N7O2/c1-12(14-3-5-17(6-4-14)33-22(36)13(2)35)32-23-31-9-15(8-28)20(34-23)19-11-30-21-18(19)7-16(10-29-21)24(25,26)27/h7,9-14,17,35H,3-6H2,1-2H3,(H,29,30)(H,33,36)(H,31,32,34)/t12-,13?,14?,17?/m1/s1. The lowest BCUT2D eigenvalue weighted by Gasteiger charge is -2.33. The van der Waals surface area contributed by atoms with Gasteiger partial charge in [0.05, 0.1) is 23.0 Å². The average Bonchev–Trinajstić information content (AvgIpc) is 3.27. The van der Waals surface area contributed by atoms with Crippen molar-refractivity contribution in [2.45, 2.75) is 63.9 Å². The van der Waals surface area contributed by atoms with Gasteiger partial charge in [0.25, 0.3) is 0 Å². The summed E-state index contributed by atoms with van der Waals surface area (Å²) in [5.74, 6) is 0.160. The summed E-state index contributed by atoms with van der Waals surface area (Å²) in [5.41, 5.74) is 0.0195. The van der Waals surface area contributed by atoms with Crippen LogP contribution in [0.25, 0.3) is 22.3 Å². The number of aromatic nitrogens is 4. The van der Waals surface area contributed by atoms with Gasteiger partial charge in [0, 0.05) is 35.4 Å². The number of rotatable bonds is 6. The van der Waals surface area contributed by atoms with E-state index in [-0.39, 0.29) is 52.1 Å². The van der Waals surface area contributed by atoms with Gasteiger partial charge in [-0.1, -0.05) is 0 Å². The van der Waals surface area contributed by atoms with Crippen molar-refractivity contribution in [1.29, 1.82) is 5.26 Å². The van der Waals surface area contributed by atoms with E-state index in [1.165, 1.54) is 19.3 Å². The Balaban J connectivity index is 1.52. The summed E-state index contributed by atoms with van der Waals surface area (Å²) in [4.78, 5) is 27.1. The lowest BCUT2D eigenvalue weighted by molar-refractivity contribution is -0.137. The van der Waals surface area contributed by atoms with E-state index < -0.39 is 17.8 Å². The van der Waals surface area contributed by atoms with Gasteiger partial charge in [-0.05, 0) is 51.5 Å². The number of halogens is 3. The number of amides is 1. The van der Waals surface area contributed by atoms with E-state index in [0.29, 0.717) is 5.56 Å². The first-order chi connectivity index (χ1) is 17.1. The van der Waals surface area contributed by atoms with Crippen LogP contribution < -0.4 is 10.6 Å². The van der Waals surface area contributed by atoms with E-state index in [4.69, 9.17) is 0 Å².